The topological polar surface area (TPSA) is 9.23 Å². The molecule has 1 heteroatoms. The molecule has 102 valence electrons. The van der Waals surface area contributed by atoms with Crippen LogP contribution in [0.25, 0.3) is 0 Å². The first-order valence-electron chi connectivity index (χ1n) is 7.20. The summed E-state index contributed by atoms with van der Waals surface area (Å²) < 4.78 is 5.86. The van der Waals surface area contributed by atoms with Crippen LogP contribution in [0, 0.1) is 11.3 Å². The summed E-state index contributed by atoms with van der Waals surface area (Å²) in [7, 11) is 0. The molecule has 0 saturated heterocycles. The second-order valence-corrected chi connectivity index (χ2v) is 5.86. The first-order chi connectivity index (χ1) is 9.14. The zero-order valence-corrected chi connectivity index (χ0v) is 12.3. The van der Waals surface area contributed by atoms with Crippen molar-refractivity contribution in [2.75, 3.05) is 6.61 Å². The van der Waals surface area contributed by atoms with Crippen LogP contribution in [0.2, 0.25) is 0 Å². The van der Waals surface area contributed by atoms with Crippen LogP contribution in [-0.2, 0) is 11.3 Å². The summed E-state index contributed by atoms with van der Waals surface area (Å²) in [5.41, 5.74) is 6.38. The Balaban J connectivity index is 1.81. The molecule has 1 saturated carbocycles. The Morgan fingerprint density at radius 1 is 1.32 bits per heavy atom. The fourth-order valence-electron chi connectivity index (χ4n) is 2.51. The van der Waals surface area contributed by atoms with E-state index in [0.717, 1.165) is 26.1 Å². The Labute approximate surface area is 117 Å². The van der Waals surface area contributed by atoms with Crippen molar-refractivity contribution in [1.82, 2.24) is 0 Å². The fourth-order valence-corrected chi connectivity index (χ4v) is 2.51. The van der Waals surface area contributed by atoms with Crippen LogP contribution >= 0.6 is 0 Å². The molecule has 0 bridgehead atoms. The molecular weight excluding hydrogens is 232 g/mol. The monoisotopic (exact) mass is 256 g/mol. The van der Waals surface area contributed by atoms with Crippen molar-refractivity contribution < 1.29 is 4.74 Å². The summed E-state index contributed by atoms with van der Waals surface area (Å²) in [6.45, 7) is 8.33. The lowest BCUT2D eigenvalue weighted by molar-refractivity contribution is 0.0199. The Morgan fingerprint density at radius 3 is 2.68 bits per heavy atom. The number of rotatable bonds is 5. The van der Waals surface area contributed by atoms with Gasteiger partial charge in [0.05, 0.1) is 13.2 Å². The largest absolute Gasteiger partial charge is 0.376 e. The molecule has 1 aliphatic carbocycles. The summed E-state index contributed by atoms with van der Waals surface area (Å²) in [4.78, 5) is 0. The van der Waals surface area contributed by atoms with E-state index in [0.29, 0.717) is 5.92 Å². The Hall–Kier alpha value is -1.30. The van der Waals surface area contributed by atoms with Crippen LogP contribution in [0.3, 0.4) is 0 Å². The van der Waals surface area contributed by atoms with Gasteiger partial charge in [-0.15, -0.1) is 5.73 Å². The lowest BCUT2D eigenvalue weighted by Gasteiger charge is -2.46. The minimum absolute atomic E-state index is 0.252. The molecule has 2 rings (SSSR count). The van der Waals surface area contributed by atoms with Crippen LogP contribution < -0.4 is 0 Å². The van der Waals surface area contributed by atoms with Gasteiger partial charge in [-0.05, 0) is 41.4 Å². The normalized spacial score (nSPS) is 20.6. The van der Waals surface area contributed by atoms with Gasteiger partial charge in [-0.1, -0.05) is 51.1 Å². The molecule has 1 fully saturated rings. The molecule has 0 radical (unpaired) electrons. The van der Waals surface area contributed by atoms with Gasteiger partial charge in [-0.2, -0.15) is 0 Å². The molecule has 1 aliphatic rings. The van der Waals surface area contributed by atoms with E-state index in [1.807, 2.05) is 6.07 Å². The fraction of sp³-hybridized carbons (Fsp3) is 0.500. The van der Waals surface area contributed by atoms with Crippen molar-refractivity contribution in [3.05, 3.63) is 53.3 Å². The zero-order chi connectivity index (χ0) is 13.7. The minimum Gasteiger partial charge on any atom is -0.376 e. The van der Waals surface area contributed by atoms with E-state index >= 15 is 0 Å². The first-order valence-corrected chi connectivity index (χ1v) is 7.20. The van der Waals surface area contributed by atoms with Crippen molar-refractivity contribution in [2.24, 2.45) is 11.3 Å². The van der Waals surface area contributed by atoms with Gasteiger partial charge in [-0.25, -0.2) is 0 Å². The molecule has 0 heterocycles. The molecule has 0 aliphatic heterocycles. The Bertz CT molecular complexity index is 464. The number of allylic oxidation sites excluding steroid dienone is 1. The standard InChI is InChI=1S/C18H24O/c1-4-5-11-16-12-17(18(16,2)3)14-19-13-15-9-7-6-8-10-15/h5-10,17H,4,12-14H2,1-3H3. The van der Waals surface area contributed by atoms with Gasteiger partial charge < -0.3 is 4.74 Å². The maximum atomic E-state index is 5.86. The highest BCUT2D eigenvalue weighted by Crippen LogP contribution is 2.50. The molecular formula is C18H24O. The average molecular weight is 256 g/mol. The highest BCUT2D eigenvalue weighted by molar-refractivity contribution is 5.24. The third kappa shape index (κ3) is 3.37. The van der Waals surface area contributed by atoms with Gasteiger partial charge in [0.2, 0.25) is 0 Å². The highest BCUT2D eigenvalue weighted by Gasteiger charge is 2.43. The zero-order valence-electron chi connectivity index (χ0n) is 12.3. The molecule has 0 aromatic heterocycles. The third-order valence-electron chi connectivity index (χ3n) is 4.16. The molecule has 19 heavy (non-hydrogen) atoms. The van der Waals surface area contributed by atoms with Gasteiger partial charge in [0.1, 0.15) is 0 Å². The maximum Gasteiger partial charge on any atom is 0.0717 e. The van der Waals surface area contributed by atoms with Crippen molar-refractivity contribution in [3.63, 3.8) is 0 Å². The van der Waals surface area contributed by atoms with E-state index in [9.17, 15) is 0 Å². The summed E-state index contributed by atoms with van der Waals surface area (Å²) in [6.07, 6.45) is 4.34. The second-order valence-electron chi connectivity index (χ2n) is 5.86. The van der Waals surface area contributed by atoms with E-state index in [4.69, 9.17) is 4.74 Å². The molecule has 0 spiro atoms. The quantitative estimate of drug-likeness (QED) is 0.691. The molecule has 1 unspecified atom stereocenters. The molecule has 1 atom stereocenters. The predicted molar refractivity (Wildman–Crippen MR) is 79.9 cm³/mol. The average Bonchev–Trinajstić information content (AvgIpc) is 2.42. The van der Waals surface area contributed by atoms with Crippen molar-refractivity contribution >= 4 is 0 Å². The van der Waals surface area contributed by atoms with Gasteiger partial charge in [0.25, 0.3) is 0 Å². The van der Waals surface area contributed by atoms with Crippen LogP contribution in [-0.4, -0.2) is 6.61 Å². The lowest BCUT2D eigenvalue weighted by atomic mass is 9.59. The summed E-state index contributed by atoms with van der Waals surface area (Å²) >= 11 is 0. The molecule has 1 aromatic rings. The van der Waals surface area contributed by atoms with Crippen LogP contribution in [0.5, 0.6) is 0 Å². The smallest absolute Gasteiger partial charge is 0.0717 e. The van der Waals surface area contributed by atoms with E-state index < -0.39 is 0 Å². The molecule has 0 N–H and O–H groups in total. The third-order valence-corrected chi connectivity index (χ3v) is 4.16. The van der Waals surface area contributed by atoms with Gasteiger partial charge >= 0.3 is 0 Å². The van der Waals surface area contributed by atoms with Crippen LogP contribution in [0.1, 0.15) is 39.2 Å². The second kappa shape index (κ2) is 6.23. The van der Waals surface area contributed by atoms with Gasteiger partial charge in [-0.3, -0.25) is 0 Å². The summed E-state index contributed by atoms with van der Waals surface area (Å²) in [5, 5.41) is 0. The molecule has 0 amide bonds. The van der Waals surface area contributed by atoms with E-state index in [1.165, 1.54) is 11.1 Å². The Kier molecular flexibility index (Phi) is 4.63. The summed E-state index contributed by atoms with van der Waals surface area (Å²) in [5.74, 6) is 0.629. The van der Waals surface area contributed by atoms with Crippen molar-refractivity contribution in [1.29, 1.82) is 0 Å². The number of hydrogen-bond donors (Lipinski definition) is 0. The Morgan fingerprint density at radius 2 is 2.05 bits per heavy atom. The van der Waals surface area contributed by atoms with E-state index in [2.05, 4.69) is 56.8 Å². The highest BCUT2D eigenvalue weighted by atomic mass is 16.5. The molecule has 1 nitrogen and oxygen atoms in total. The number of hydrogen-bond acceptors (Lipinski definition) is 1. The maximum absolute atomic E-state index is 5.86. The van der Waals surface area contributed by atoms with Gasteiger partial charge in [0, 0.05) is 0 Å². The van der Waals surface area contributed by atoms with Crippen LogP contribution in [0.4, 0.5) is 0 Å². The summed E-state index contributed by atoms with van der Waals surface area (Å²) in [6, 6.07) is 10.4. The van der Waals surface area contributed by atoms with E-state index in [1.54, 1.807) is 0 Å². The predicted octanol–water partition coefficient (Wildman–Crippen LogP) is 4.74. The number of ether oxygens (including phenoxy) is 1. The van der Waals surface area contributed by atoms with E-state index in [-0.39, 0.29) is 5.41 Å². The SMILES string of the molecule is CCC=C=C1CC(COCc2ccccc2)C1(C)C. The lowest BCUT2D eigenvalue weighted by Crippen LogP contribution is -2.40. The first kappa shape index (κ1) is 14.1. The van der Waals surface area contributed by atoms with Crippen LogP contribution in [0.15, 0.2) is 47.7 Å². The number of benzene rings is 1. The van der Waals surface area contributed by atoms with Crippen molar-refractivity contribution in [2.45, 2.75) is 40.2 Å². The van der Waals surface area contributed by atoms with Gasteiger partial charge in [0.15, 0.2) is 0 Å². The van der Waals surface area contributed by atoms with Crippen molar-refractivity contribution in [3.8, 4) is 0 Å². The molecule has 1 aromatic carbocycles. The minimum atomic E-state index is 0.252.